The maximum absolute atomic E-state index is 11.7. The number of nitrogens with one attached hydrogen (secondary N) is 1. The number of nitrogens with zero attached hydrogens (tertiary/aromatic N) is 2. The largest absolute Gasteiger partial charge is 0.314 e. The van der Waals surface area contributed by atoms with Crippen molar-refractivity contribution in [1.29, 1.82) is 0 Å². The predicted molar refractivity (Wildman–Crippen MR) is 77.8 cm³/mol. The van der Waals surface area contributed by atoms with E-state index in [4.69, 9.17) is 0 Å². The summed E-state index contributed by atoms with van der Waals surface area (Å²) in [4.78, 5) is 2.34. The van der Waals surface area contributed by atoms with E-state index in [1.165, 1.54) is 10.6 Å². The van der Waals surface area contributed by atoms with Gasteiger partial charge in [0.05, 0.1) is 11.9 Å². The van der Waals surface area contributed by atoms with Crippen LogP contribution >= 0.6 is 0 Å². The number of rotatable bonds is 4. The molecule has 1 aromatic carbocycles. The molecule has 5 nitrogen and oxygen atoms in total. The molecule has 1 aliphatic rings. The average molecular weight is 283 g/mol. The lowest BCUT2D eigenvalue weighted by atomic mass is 10.1. The monoisotopic (exact) mass is 283 g/mol. The highest BCUT2D eigenvalue weighted by atomic mass is 32.2. The highest BCUT2D eigenvalue weighted by Crippen LogP contribution is 2.22. The first-order valence-corrected chi connectivity index (χ1v) is 8.28. The van der Waals surface area contributed by atoms with Crippen LogP contribution in [0.1, 0.15) is 5.56 Å². The molecule has 0 aromatic heterocycles. The zero-order chi connectivity index (χ0) is 13.9. The van der Waals surface area contributed by atoms with E-state index >= 15 is 0 Å². The summed E-state index contributed by atoms with van der Waals surface area (Å²) >= 11 is 0. The topological polar surface area (TPSA) is 52.6 Å². The minimum absolute atomic E-state index is 0.767. The van der Waals surface area contributed by atoms with E-state index in [1.807, 2.05) is 24.3 Å². The minimum atomic E-state index is -3.22. The zero-order valence-corrected chi connectivity index (χ0v) is 12.3. The van der Waals surface area contributed by atoms with Gasteiger partial charge in [0, 0.05) is 39.8 Å². The number of sulfonamides is 1. The Bertz CT molecular complexity index is 524. The Kier molecular flexibility index (Phi) is 4.44. The van der Waals surface area contributed by atoms with Crippen LogP contribution in [-0.4, -0.2) is 52.8 Å². The van der Waals surface area contributed by atoms with Gasteiger partial charge in [-0.15, -0.1) is 0 Å². The number of hydrogen-bond donors (Lipinski definition) is 1. The van der Waals surface area contributed by atoms with Crippen molar-refractivity contribution < 1.29 is 8.42 Å². The Morgan fingerprint density at radius 2 is 1.89 bits per heavy atom. The van der Waals surface area contributed by atoms with Gasteiger partial charge in [0.15, 0.2) is 0 Å². The summed E-state index contributed by atoms with van der Waals surface area (Å²) in [5.41, 5.74) is 1.82. The number of para-hydroxylation sites is 1. The smallest absolute Gasteiger partial charge is 0.232 e. The average Bonchev–Trinajstić information content (AvgIpc) is 2.39. The first kappa shape index (κ1) is 14.3. The zero-order valence-electron chi connectivity index (χ0n) is 11.5. The molecule has 6 heteroatoms. The van der Waals surface area contributed by atoms with Gasteiger partial charge in [0.25, 0.3) is 0 Å². The van der Waals surface area contributed by atoms with Crippen molar-refractivity contribution in [1.82, 2.24) is 10.2 Å². The quantitative estimate of drug-likeness (QED) is 0.874. The van der Waals surface area contributed by atoms with Gasteiger partial charge in [-0.05, 0) is 11.6 Å². The highest BCUT2D eigenvalue weighted by Gasteiger charge is 2.17. The van der Waals surface area contributed by atoms with Gasteiger partial charge < -0.3 is 5.32 Å². The van der Waals surface area contributed by atoms with Gasteiger partial charge in [-0.25, -0.2) is 8.42 Å². The van der Waals surface area contributed by atoms with Crippen LogP contribution in [0.5, 0.6) is 0 Å². The van der Waals surface area contributed by atoms with Crippen molar-refractivity contribution in [3.05, 3.63) is 29.8 Å². The van der Waals surface area contributed by atoms with Crippen LogP contribution in [-0.2, 0) is 16.6 Å². The molecule has 106 valence electrons. The fourth-order valence-electron chi connectivity index (χ4n) is 2.24. The van der Waals surface area contributed by atoms with Crippen molar-refractivity contribution in [3.8, 4) is 0 Å². The molecule has 0 saturated carbocycles. The van der Waals surface area contributed by atoms with Crippen LogP contribution in [0.15, 0.2) is 24.3 Å². The van der Waals surface area contributed by atoms with Crippen molar-refractivity contribution in [2.75, 3.05) is 43.8 Å². The van der Waals surface area contributed by atoms with E-state index in [9.17, 15) is 8.42 Å². The second-order valence-electron chi connectivity index (χ2n) is 4.89. The van der Waals surface area contributed by atoms with E-state index in [0.717, 1.165) is 44.0 Å². The summed E-state index contributed by atoms with van der Waals surface area (Å²) in [6.07, 6.45) is 1.23. The molecule has 0 aliphatic carbocycles. The molecule has 1 aromatic rings. The third-order valence-electron chi connectivity index (χ3n) is 3.43. The summed E-state index contributed by atoms with van der Waals surface area (Å²) < 4.78 is 24.7. The summed E-state index contributed by atoms with van der Waals surface area (Å²) in [5.74, 6) is 0. The first-order valence-electron chi connectivity index (χ1n) is 6.43. The lowest BCUT2D eigenvalue weighted by Crippen LogP contribution is -2.43. The summed E-state index contributed by atoms with van der Waals surface area (Å²) in [5, 5.41) is 3.31. The molecular weight excluding hydrogens is 262 g/mol. The Morgan fingerprint density at radius 3 is 2.53 bits per heavy atom. The molecule has 1 aliphatic heterocycles. The van der Waals surface area contributed by atoms with Crippen LogP contribution in [0.2, 0.25) is 0 Å². The van der Waals surface area contributed by atoms with Gasteiger partial charge in [0.1, 0.15) is 0 Å². The van der Waals surface area contributed by atoms with Gasteiger partial charge in [-0.1, -0.05) is 18.2 Å². The third kappa shape index (κ3) is 3.68. The van der Waals surface area contributed by atoms with Crippen LogP contribution in [0.25, 0.3) is 0 Å². The van der Waals surface area contributed by atoms with Crippen LogP contribution in [0, 0.1) is 0 Å². The Balaban J connectivity index is 2.20. The standard InChI is InChI=1S/C13H21N3O2S/c1-15(19(2,17)18)13-6-4-3-5-12(13)11-16-9-7-14-8-10-16/h3-6,14H,7-11H2,1-2H3. The molecule has 0 atom stereocenters. The summed E-state index contributed by atoms with van der Waals surface area (Å²) in [6.45, 7) is 4.76. The normalized spacial score (nSPS) is 17.4. The maximum atomic E-state index is 11.7. The molecule has 0 unspecified atom stereocenters. The predicted octanol–water partition coefficient (Wildman–Crippen LogP) is 0.488. The second-order valence-corrected chi connectivity index (χ2v) is 6.90. The van der Waals surface area contributed by atoms with Gasteiger partial charge >= 0.3 is 0 Å². The fourth-order valence-corrected chi connectivity index (χ4v) is 2.78. The van der Waals surface area contributed by atoms with E-state index in [0.29, 0.717) is 0 Å². The molecule has 1 saturated heterocycles. The molecule has 0 bridgehead atoms. The first-order chi connectivity index (χ1) is 8.98. The van der Waals surface area contributed by atoms with Crippen LogP contribution in [0.3, 0.4) is 0 Å². The molecule has 0 radical (unpaired) electrons. The van der Waals surface area contributed by atoms with Crippen LogP contribution < -0.4 is 9.62 Å². The molecule has 1 fully saturated rings. The number of piperazine rings is 1. The summed E-state index contributed by atoms with van der Waals surface area (Å²) in [6, 6.07) is 7.69. The third-order valence-corrected chi connectivity index (χ3v) is 4.62. The van der Waals surface area contributed by atoms with Gasteiger partial charge in [-0.3, -0.25) is 9.21 Å². The molecule has 0 amide bonds. The van der Waals surface area contributed by atoms with Gasteiger partial charge in [0.2, 0.25) is 10.0 Å². The van der Waals surface area contributed by atoms with E-state index in [-0.39, 0.29) is 0 Å². The molecule has 1 heterocycles. The Hall–Kier alpha value is -1.11. The maximum Gasteiger partial charge on any atom is 0.232 e. The number of benzene rings is 1. The van der Waals surface area contributed by atoms with Crippen molar-refractivity contribution in [3.63, 3.8) is 0 Å². The molecule has 0 spiro atoms. The van der Waals surface area contributed by atoms with Crippen LogP contribution in [0.4, 0.5) is 5.69 Å². The van der Waals surface area contributed by atoms with E-state index in [2.05, 4.69) is 10.2 Å². The van der Waals surface area contributed by atoms with Crippen molar-refractivity contribution in [2.45, 2.75) is 6.54 Å². The molecular formula is C13H21N3O2S. The Morgan fingerprint density at radius 1 is 1.26 bits per heavy atom. The number of anilines is 1. The molecule has 1 N–H and O–H groups in total. The number of hydrogen-bond acceptors (Lipinski definition) is 4. The Labute approximate surface area is 115 Å². The second kappa shape index (κ2) is 5.90. The minimum Gasteiger partial charge on any atom is -0.314 e. The summed E-state index contributed by atoms with van der Waals surface area (Å²) in [7, 11) is -1.61. The van der Waals surface area contributed by atoms with E-state index in [1.54, 1.807) is 7.05 Å². The fraction of sp³-hybridized carbons (Fsp3) is 0.538. The lowest BCUT2D eigenvalue weighted by Gasteiger charge is -2.29. The van der Waals surface area contributed by atoms with Crippen molar-refractivity contribution >= 4 is 15.7 Å². The highest BCUT2D eigenvalue weighted by molar-refractivity contribution is 7.92. The molecule has 2 rings (SSSR count). The van der Waals surface area contributed by atoms with Crippen molar-refractivity contribution in [2.24, 2.45) is 0 Å². The lowest BCUT2D eigenvalue weighted by molar-refractivity contribution is 0.233. The van der Waals surface area contributed by atoms with Gasteiger partial charge in [-0.2, -0.15) is 0 Å². The van der Waals surface area contributed by atoms with E-state index < -0.39 is 10.0 Å². The SMILES string of the molecule is CN(c1ccccc1CN1CCNCC1)S(C)(=O)=O. The molecule has 19 heavy (non-hydrogen) atoms.